The summed E-state index contributed by atoms with van der Waals surface area (Å²) >= 11 is 0. The summed E-state index contributed by atoms with van der Waals surface area (Å²) in [6.07, 6.45) is 0.504. The fraction of sp³-hybridized carbons (Fsp3) is 0.471. The summed E-state index contributed by atoms with van der Waals surface area (Å²) in [6.45, 7) is 5.09. The van der Waals surface area contributed by atoms with Gasteiger partial charge in [-0.25, -0.2) is 4.39 Å². The first-order valence-electron chi connectivity index (χ1n) is 7.80. The zero-order chi connectivity index (χ0) is 18.3. The molecule has 1 aromatic carbocycles. The molecule has 24 heavy (non-hydrogen) atoms. The van der Waals surface area contributed by atoms with Crippen molar-refractivity contribution < 1.29 is 18.8 Å². The Bertz CT molecular complexity index is 604. The number of carbonyl (C=O) groups excluding carboxylic acids is 3. The lowest BCUT2D eigenvalue weighted by Crippen LogP contribution is -2.53. The SMILES string of the molecule is CC(=O)N[C@H](Cc1cccc(F)c1)C(=O)N[C@@H](CC(C)C)C(N)=O. The van der Waals surface area contributed by atoms with Crippen molar-refractivity contribution in [1.29, 1.82) is 0 Å². The molecule has 132 valence electrons. The Morgan fingerprint density at radius 1 is 1.17 bits per heavy atom. The van der Waals surface area contributed by atoms with Crippen molar-refractivity contribution in [3.8, 4) is 0 Å². The van der Waals surface area contributed by atoms with Crippen LogP contribution >= 0.6 is 0 Å². The highest BCUT2D eigenvalue weighted by molar-refractivity contribution is 5.91. The normalized spacial score (nSPS) is 13.2. The second kappa shape index (κ2) is 9.00. The Morgan fingerprint density at radius 2 is 1.83 bits per heavy atom. The molecular formula is C17H24FN3O3. The summed E-state index contributed by atoms with van der Waals surface area (Å²) < 4.78 is 13.3. The number of nitrogens with one attached hydrogen (secondary N) is 2. The lowest BCUT2D eigenvalue weighted by molar-refractivity contribution is -0.131. The Labute approximate surface area is 141 Å². The second-order valence-corrected chi connectivity index (χ2v) is 6.18. The van der Waals surface area contributed by atoms with Crippen molar-refractivity contribution in [3.63, 3.8) is 0 Å². The number of halogens is 1. The maximum Gasteiger partial charge on any atom is 0.243 e. The van der Waals surface area contributed by atoms with E-state index in [4.69, 9.17) is 5.73 Å². The predicted octanol–water partition coefficient (Wildman–Crippen LogP) is 0.889. The van der Waals surface area contributed by atoms with Gasteiger partial charge >= 0.3 is 0 Å². The van der Waals surface area contributed by atoms with Crippen LogP contribution in [0, 0.1) is 11.7 Å². The lowest BCUT2D eigenvalue weighted by atomic mass is 10.0. The van der Waals surface area contributed by atoms with Gasteiger partial charge in [0.2, 0.25) is 17.7 Å². The molecule has 0 spiro atoms. The molecule has 4 N–H and O–H groups in total. The van der Waals surface area contributed by atoms with Crippen molar-refractivity contribution in [1.82, 2.24) is 10.6 Å². The number of hydrogen-bond acceptors (Lipinski definition) is 3. The molecule has 0 saturated heterocycles. The minimum Gasteiger partial charge on any atom is -0.368 e. The van der Waals surface area contributed by atoms with Crippen LogP contribution in [-0.2, 0) is 20.8 Å². The molecule has 0 aromatic heterocycles. The van der Waals surface area contributed by atoms with Crippen LogP contribution in [0.4, 0.5) is 4.39 Å². The van der Waals surface area contributed by atoms with Crippen molar-refractivity contribution in [2.24, 2.45) is 11.7 Å². The number of hydrogen-bond donors (Lipinski definition) is 3. The van der Waals surface area contributed by atoms with Gasteiger partial charge in [-0.1, -0.05) is 26.0 Å². The molecule has 0 unspecified atom stereocenters. The van der Waals surface area contributed by atoms with Gasteiger partial charge in [-0.15, -0.1) is 0 Å². The summed E-state index contributed by atoms with van der Waals surface area (Å²) in [7, 11) is 0. The molecule has 0 heterocycles. The molecule has 2 atom stereocenters. The van der Waals surface area contributed by atoms with Gasteiger partial charge in [0.25, 0.3) is 0 Å². The second-order valence-electron chi connectivity index (χ2n) is 6.18. The molecule has 0 saturated carbocycles. The van der Waals surface area contributed by atoms with Gasteiger partial charge < -0.3 is 16.4 Å². The standard InChI is InChI=1S/C17H24FN3O3/c1-10(2)7-14(16(19)23)21-17(24)15(20-11(3)22)9-12-5-4-6-13(18)8-12/h4-6,8,10,14-15H,7,9H2,1-3H3,(H2,19,23)(H,20,22)(H,21,24)/t14-,15+/m0/s1. The maximum atomic E-state index is 13.3. The van der Waals surface area contributed by atoms with Crippen molar-refractivity contribution in [2.45, 2.75) is 45.7 Å². The Balaban J connectivity index is 2.87. The van der Waals surface area contributed by atoms with E-state index in [0.29, 0.717) is 12.0 Å². The maximum absolute atomic E-state index is 13.3. The van der Waals surface area contributed by atoms with E-state index in [1.165, 1.54) is 25.1 Å². The first-order valence-corrected chi connectivity index (χ1v) is 7.80. The number of primary amides is 1. The fourth-order valence-electron chi connectivity index (χ4n) is 2.34. The number of benzene rings is 1. The number of carbonyl (C=O) groups is 3. The molecule has 0 aliphatic heterocycles. The molecule has 0 radical (unpaired) electrons. The van der Waals surface area contributed by atoms with Gasteiger partial charge in [0.15, 0.2) is 0 Å². The topological polar surface area (TPSA) is 101 Å². The van der Waals surface area contributed by atoms with Crippen LogP contribution in [-0.4, -0.2) is 29.8 Å². The monoisotopic (exact) mass is 337 g/mol. The minimum absolute atomic E-state index is 0.107. The average Bonchev–Trinajstić information content (AvgIpc) is 2.44. The summed E-state index contributed by atoms with van der Waals surface area (Å²) in [5.41, 5.74) is 5.88. The minimum atomic E-state index is -0.918. The van der Waals surface area contributed by atoms with Crippen molar-refractivity contribution in [3.05, 3.63) is 35.6 Å². The molecule has 0 bridgehead atoms. The molecule has 7 heteroatoms. The van der Waals surface area contributed by atoms with Crippen LogP contribution in [0.2, 0.25) is 0 Å². The Hall–Kier alpha value is -2.44. The van der Waals surface area contributed by atoms with E-state index in [1.54, 1.807) is 6.07 Å². The summed E-state index contributed by atoms with van der Waals surface area (Å²) in [5.74, 6) is -1.83. The highest BCUT2D eigenvalue weighted by Gasteiger charge is 2.25. The zero-order valence-corrected chi connectivity index (χ0v) is 14.1. The van der Waals surface area contributed by atoms with E-state index >= 15 is 0 Å². The number of nitrogens with two attached hydrogens (primary N) is 1. The Morgan fingerprint density at radius 3 is 2.33 bits per heavy atom. The van der Waals surface area contributed by atoms with Gasteiger partial charge in [-0.3, -0.25) is 14.4 Å². The van der Waals surface area contributed by atoms with E-state index in [2.05, 4.69) is 10.6 Å². The van der Waals surface area contributed by atoms with Crippen molar-refractivity contribution in [2.75, 3.05) is 0 Å². The largest absolute Gasteiger partial charge is 0.368 e. The van der Waals surface area contributed by atoms with Gasteiger partial charge in [0.05, 0.1) is 0 Å². The molecular weight excluding hydrogens is 313 g/mol. The summed E-state index contributed by atoms with van der Waals surface area (Å²) in [4.78, 5) is 35.3. The zero-order valence-electron chi connectivity index (χ0n) is 14.1. The predicted molar refractivity (Wildman–Crippen MR) is 88.3 cm³/mol. The van der Waals surface area contributed by atoms with Crippen LogP contribution in [0.1, 0.15) is 32.8 Å². The van der Waals surface area contributed by atoms with Gasteiger partial charge in [-0.05, 0) is 30.0 Å². The van der Waals surface area contributed by atoms with E-state index < -0.39 is 35.6 Å². The van der Waals surface area contributed by atoms with Crippen LogP contribution < -0.4 is 16.4 Å². The van der Waals surface area contributed by atoms with Gasteiger partial charge in [0, 0.05) is 13.3 Å². The third-order valence-corrected chi connectivity index (χ3v) is 3.39. The molecule has 0 aliphatic carbocycles. The number of amides is 3. The first kappa shape index (κ1) is 19.6. The molecule has 3 amide bonds. The van der Waals surface area contributed by atoms with E-state index in [0.717, 1.165) is 0 Å². The molecule has 1 rings (SSSR count). The first-order chi connectivity index (χ1) is 11.2. The highest BCUT2D eigenvalue weighted by Crippen LogP contribution is 2.09. The van der Waals surface area contributed by atoms with Gasteiger partial charge in [0.1, 0.15) is 17.9 Å². The van der Waals surface area contributed by atoms with E-state index in [1.807, 2.05) is 13.8 Å². The highest BCUT2D eigenvalue weighted by atomic mass is 19.1. The molecule has 0 fully saturated rings. The fourth-order valence-corrected chi connectivity index (χ4v) is 2.34. The average molecular weight is 337 g/mol. The lowest BCUT2D eigenvalue weighted by Gasteiger charge is -2.22. The molecule has 6 nitrogen and oxygen atoms in total. The van der Waals surface area contributed by atoms with Gasteiger partial charge in [-0.2, -0.15) is 0 Å². The smallest absolute Gasteiger partial charge is 0.243 e. The summed E-state index contributed by atoms with van der Waals surface area (Å²) in [6, 6.07) is 4.04. The third kappa shape index (κ3) is 6.76. The van der Waals surface area contributed by atoms with Crippen LogP contribution in [0.3, 0.4) is 0 Å². The molecule has 1 aromatic rings. The quantitative estimate of drug-likeness (QED) is 0.656. The number of rotatable bonds is 8. The Kier molecular flexibility index (Phi) is 7.35. The summed E-state index contributed by atoms with van der Waals surface area (Å²) in [5, 5.41) is 5.09. The van der Waals surface area contributed by atoms with Crippen LogP contribution in [0.25, 0.3) is 0 Å². The molecule has 0 aliphatic rings. The van der Waals surface area contributed by atoms with Crippen LogP contribution in [0.5, 0.6) is 0 Å². The van der Waals surface area contributed by atoms with Crippen molar-refractivity contribution >= 4 is 17.7 Å². The van der Waals surface area contributed by atoms with E-state index in [9.17, 15) is 18.8 Å². The van der Waals surface area contributed by atoms with Crippen LogP contribution in [0.15, 0.2) is 24.3 Å². The third-order valence-electron chi connectivity index (χ3n) is 3.39. The van der Waals surface area contributed by atoms with E-state index in [-0.39, 0.29) is 12.3 Å².